The fraction of sp³-hybridized carbons (Fsp3) is 0.688. The van der Waals surface area contributed by atoms with Gasteiger partial charge in [-0.1, -0.05) is 12.8 Å². The Morgan fingerprint density at radius 3 is 2.67 bits per heavy atom. The van der Waals surface area contributed by atoms with Crippen molar-refractivity contribution < 1.29 is 4.79 Å². The lowest BCUT2D eigenvalue weighted by atomic mass is 9.98. The molecule has 0 aromatic carbocycles. The summed E-state index contributed by atoms with van der Waals surface area (Å²) in [6.45, 7) is 3.83. The summed E-state index contributed by atoms with van der Waals surface area (Å²) in [7, 11) is 4.12. The van der Waals surface area contributed by atoms with Crippen LogP contribution in [0.4, 0.5) is 0 Å². The van der Waals surface area contributed by atoms with Gasteiger partial charge < -0.3 is 9.80 Å². The average molecular weight is 307 g/mol. The third-order valence-electron chi connectivity index (χ3n) is 4.67. The molecule has 0 bridgehead atoms. The summed E-state index contributed by atoms with van der Waals surface area (Å²) in [5.41, 5.74) is -0.283. The van der Waals surface area contributed by atoms with Crippen molar-refractivity contribution in [2.24, 2.45) is 0 Å². The van der Waals surface area contributed by atoms with Crippen LogP contribution in [-0.4, -0.2) is 48.4 Å². The molecule has 1 aliphatic heterocycles. The molecule has 116 valence electrons. The molecule has 1 atom stereocenters. The largest absolute Gasteiger partial charge is 0.319 e. The van der Waals surface area contributed by atoms with Crippen molar-refractivity contribution >= 4 is 17.2 Å². The Balaban J connectivity index is 1.86. The van der Waals surface area contributed by atoms with Crippen LogP contribution in [0.25, 0.3) is 0 Å². The van der Waals surface area contributed by atoms with Gasteiger partial charge in [0.25, 0.3) is 0 Å². The molecule has 1 amide bonds. The van der Waals surface area contributed by atoms with Gasteiger partial charge in [-0.15, -0.1) is 11.3 Å². The van der Waals surface area contributed by atoms with Gasteiger partial charge in [0, 0.05) is 22.8 Å². The number of hydrogen-bond acceptors (Lipinski definition) is 4. The third-order valence-corrected chi connectivity index (χ3v) is 5.72. The molecular formula is C16H25N3OS. The Hall–Kier alpha value is -0.910. The number of nitrogens with zero attached hydrogens (tertiary/aromatic N) is 2. The first-order chi connectivity index (χ1) is 10.0. The number of aryl methyl sites for hydroxylation is 1. The van der Waals surface area contributed by atoms with Gasteiger partial charge in [0.05, 0.1) is 5.54 Å². The Morgan fingerprint density at radius 2 is 2.10 bits per heavy atom. The van der Waals surface area contributed by atoms with Gasteiger partial charge in [0.15, 0.2) is 0 Å². The van der Waals surface area contributed by atoms with Crippen LogP contribution in [-0.2, 0) is 4.79 Å². The second kappa shape index (κ2) is 5.71. The predicted octanol–water partition coefficient (Wildman–Crippen LogP) is 2.36. The van der Waals surface area contributed by atoms with Gasteiger partial charge in [0.1, 0.15) is 6.17 Å². The van der Waals surface area contributed by atoms with E-state index < -0.39 is 0 Å². The second-order valence-electron chi connectivity index (χ2n) is 6.59. The van der Waals surface area contributed by atoms with Crippen LogP contribution in [0.1, 0.15) is 41.6 Å². The average Bonchev–Trinajstić information content (AvgIpc) is 3.11. The summed E-state index contributed by atoms with van der Waals surface area (Å²) in [5, 5.41) is 3.69. The third kappa shape index (κ3) is 2.74. The highest BCUT2D eigenvalue weighted by atomic mass is 32.1. The number of thiophene rings is 1. The predicted molar refractivity (Wildman–Crippen MR) is 86.4 cm³/mol. The number of rotatable bonds is 4. The molecule has 1 aromatic rings. The molecule has 1 N–H and O–H groups in total. The van der Waals surface area contributed by atoms with Crippen molar-refractivity contribution in [3.05, 3.63) is 21.9 Å². The molecule has 3 rings (SSSR count). The van der Waals surface area contributed by atoms with E-state index in [1.807, 2.05) is 0 Å². The smallest absolute Gasteiger partial charge is 0.244 e. The number of likely N-dealkylation sites (N-methyl/N-ethyl adjacent to an activating group) is 1. The summed E-state index contributed by atoms with van der Waals surface area (Å²) < 4.78 is 0. The number of carbonyl (C=O) groups is 1. The maximum atomic E-state index is 13.0. The number of amides is 1. The van der Waals surface area contributed by atoms with Gasteiger partial charge in [-0.05, 0) is 46.0 Å². The van der Waals surface area contributed by atoms with Crippen molar-refractivity contribution in [3.8, 4) is 0 Å². The Morgan fingerprint density at radius 1 is 1.38 bits per heavy atom. The summed E-state index contributed by atoms with van der Waals surface area (Å²) in [5.74, 6) is 0.318. The van der Waals surface area contributed by atoms with Gasteiger partial charge in [-0.2, -0.15) is 0 Å². The lowest BCUT2D eigenvalue weighted by molar-refractivity contribution is -0.133. The first-order valence-electron chi connectivity index (χ1n) is 7.82. The molecule has 2 fully saturated rings. The fourth-order valence-electron chi connectivity index (χ4n) is 3.49. The molecule has 1 aliphatic carbocycles. The van der Waals surface area contributed by atoms with Crippen molar-refractivity contribution in [2.75, 3.05) is 27.2 Å². The zero-order chi connectivity index (χ0) is 15.0. The van der Waals surface area contributed by atoms with Crippen LogP contribution >= 0.6 is 11.3 Å². The molecule has 5 heteroatoms. The van der Waals surface area contributed by atoms with Crippen molar-refractivity contribution in [1.29, 1.82) is 0 Å². The molecule has 1 saturated heterocycles. The van der Waals surface area contributed by atoms with Gasteiger partial charge in [-0.25, -0.2) is 0 Å². The minimum Gasteiger partial charge on any atom is -0.319 e. The van der Waals surface area contributed by atoms with Gasteiger partial charge >= 0.3 is 0 Å². The monoisotopic (exact) mass is 307 g/mol. The topological polar surface area (TPSA) is 35.6 Å². The van der Waals surface area contributed by atoms with Gasteiger partial charge in [-0.3, -0.25) is 10.1 Å². The molecule has 0 radical (unpaired) electrons. The van der Waals surface area contributed by atoms with E-state index in [0.717, 1.165) is 38.8 Å². The van der Waals surface area contributed by atoms with Gasteiger partial charge in [0.2, 0.25) is 5.91 Å². The molecule has 2 heterocycles. The standard InChI is InChI=1S/C16H25N3OS/c1-12-6-7-13(21-12)14-17-16(8-4-5-9-16)15(20)19(14)11-10-18(2)3/h6-7,14,17H,4-5,8-11H2,1-3H3. The summed E-state index contributed by atoms with van der Waals surface area (Å²) in [6.07, 6.45) is 4.37. The van der Waals surface area contributed by atoms with Crippen molar-refractivity contribution in [2.45, 2.75) is 44.3 Å². The van der Waals surface area contributed by atoms with Crippen LogP contribution in [0.5, 0.6) is 0 Å². The van der Waals surface area contributed by atoms with E-state index in [2.05, 4.69) is 48.3 Å². The number of nitrogens with one attached hydrogen (secondary N) is 1. The van der Waals surface area contributed by atoms with Crippen LogP contribution < -0.4 is 5.32 Å². The van der Waals surface area contributed by atoms with E-state index in [4.69, 9.17) is 0 Å². The first kappa shape index (κ1) is 15.0. The lowest BCUT2D eigenvalue weighted by Gasteiger charge is -2.25. The maximum Gasteiger partial charge on any atom is 0.244 e. The minimum atomic E-state index is -0.283. The molecule has 1 saturated carbocycles. The Kier molecular flexibility index (Phi) is 4.08. The molecule has 2 aliphatic rings. The van der Waals surface area contributed by atoms with E-state index in [9.17, 15) is 4.79 Å². The Labute approximate surface area is 131 Å². The van der Waals surface area contributed by atoms with E-state index in [1.165, 1.54) is 9.75 Å². The van der Waals surface area contributed by atoms with E-state index in [0.29, 0.717) is 5.91 Å². The molecule has 1 aromatic heterocycles. The number of carbonyl (C=O) groups excluding carboxylic acids is 1. The highest BCUT2D eigenvalue weighted by molar-refractivity contribution is 7.12. The van der Waals surface area contributed by atoms with E-state index in [-0.39, 0.29) is 11.7 Å². The highest BCUT2D eigenvalue weighted by Gasteiger charge is 2.52. The van der Waals surface area contributed by atoms with E-state index in [1.54, 1.807) is 11.3 Å². The normalized spacial score (nSPS) is 24.7. The molecule has 21 heavy (non-hydrogen) atoms. The second-order valence-corrected chi connectivity index (χ2v) is 7.91. The molecule has 1 unspecified atom stereocenters. The SMILES string of the molecule is Cc1ccc(C2NC3(CCCC3)C(=O)N2CCN(C)C)s1. The number of hydrogen-bond donors (Lipinski definition) is 1. The van der Waals surface area contributed by atoms with E-state index >= 15 is 0 Å². The fourth-order valence-corrected chi connectivity index (χ4v) is 4.44. The molecule has 1 spiro atoms. The highest BCUT2D eigenvalue weighted by Crippen LogP contribution is 2.41. The molecular weight excluding hydrogens is 282 g/mol. The minimum absolute atomic E-state index is 0.0641. The van der Waals surface area contributed by atoms with Crippen LogP contribution in [0, 0.1) is 6.92 Å². The molecule has 4 nitrogen and oxygen atoms in total. The quantitative estimate of drug-likeness (QED) is 0.927. The zero-order valence-corrected chi connectivity index (χ0v) is 14.0. The summed E-state index contributed by atoms with van der Waals surface area (Å²) in [4.78, 5) is 19.8. The summed E-state index contributed by atoms with van der Waals surface area (Å²) >= 11 is 1.80. The first-order valence-corrected chi connectivity index (χ1v) is 8.63. The lowest BCUT2D eigenvalue weighted by Crippen LogP contribution is -2.44. The van der Waals surface area contributed by atoms with Crippen LogP contribution in [0.2, 0.25) is 0 Å². The van der Waals surface area contributed by atoms with Crippen LogP contribution in [0.3, 0.4) is 0 Å². The zero-order valence-electron chi connectivity index (χ0n) is 13.2. The van der Waals surface area contributed by atoms with Crippen molar-refractivity contribution in [3.63, 3.8) is 0 Å². The van der Waals surface area contributed by atoms with Crippen LogP contribution in [0.15, 0.2) is 12.1 Å². The van der Waals surface area contributed by atoms with Crippen molar-refractivity contribution in [1.82, 2.24) is 15.1 Å². The Bertz CT molecular complexity index is 519. The summed E-state index contributed by atoms with van der Waals surface area (Å²) in [6, 6.07) is 4.32. The maximum absolute atomic E-state index is 13.0.